The number of likely N-dealkylation sites (tertiary alicyclic amines) is 1. The van der Waals surface area contributed by atoms with Crippen molar-refractivity contribution in [1.82, 2.24) is 10.2 Å². The number of carbonyl (C=O) groups is 3. The quantitative estimate of drug-likeness (QED) is 0.860. The van der Waals surface area contributed by atoms with Crippen LogP contribution < -0.4 is 5.32 Å². The van der Waals surface area contributed by atoms with Crippen molar-refractivity contribution in [2.75, 3.05) is 6.54 Å². The molecule has 122 valence electrons. The van der Waals surface area contributed by atoms with Crippen molar-refractivity contribution in [1.29, 1.82) is 0 Å². The summed E-state index contributed by atoms with van der Waals surface area (Å²) in [5.74, 6) is -0.927. The van der Waals surface area contributed by atoms with Crippen LogP contribution in [-0.2, 0) is 16.1 Å². The second kappa shape index (κ2) is 6.40. The van der Waals surface area contributed by atoms with Gasteiger partial charge in [-0.1, -0.05) is 12.1 Å². The minimum atomic E-state index is -0.949. The van der Waals surface area contributed by atoms with Crippen LogP contribution in [0.1, 0.15) is 41.6 Å². The van der Waals surface area contributed by atoms with Gasteiger partial charge >= 0.3 is 5.97 Å². The first-order chi connectivity index (χ1) is 11.1. The summed E-state index contributed by atoms with van der Waals surface area (Å²) < 4.78 is 0. The molecule has 3 rings (SSSR count). The average Bonchev–Trinajstić information content (AvgIpc) is 3.28. The Morgan fingerprint density at radius 2 is 1.83 bits per heavy atom. The van der Waals surface area contributed by atoms with Gasteiger partial charge in [-0.2, -0.15) is 0 Å². The Kier molecular flexibility index (Phi) is 4.32. The van der Waals surface area contributed by atoms with Crippen LogP contribution in [0.3, 0.4) is 0 Å². The van der Waals surface area contributed by atoms with E-state index in [1.54, 1.807) is 24.3 Å². The Morgan fingerprint density at radius 1 is 1.13 bits per heavy atom. The molecular weight excluding hydrogens is 296 g/mol. The third-order valence-electron chi connectivity index (χ3n) is 4.41. The van der Waals surface area contributed by atoms with Crippen LogP contribution in [0.15, 0.2) is 24.3 Å². The molecule has 2 aliphatic rings. The fourth-order valence-corrected chi connectivity index (χ4v) is 2.88. The molecule has 2 N–H and O–H groups in total. The Balaban J connectivity index is 1.60. The molecule has 2 fully saturated rings. The molecule has 1 atom stereocenters. The van der Waals surface area contributed by atoms with E-state index in [1.807, 2.05) is 0 Å². The van der Waals surface area contributed by atoms with Crippen LogP contribution in [0.2, 0.25) is 0 Å². The third kappa shape index (κ3) is 3.52. The number of rotatable bonds is 5. The van der Waals surface area contributed by atoms with E-state index in [4.69, 9.17) is 5.11 Å². The van der Waals surface area contributed by atoms with Gasteiger partial charge in [0.25, 0.3) is 5.91 Å². The van der Waals surface area contributed by atoms with Crippen molar-refractivity contribution in [3.63, 3.8) is 0 Å². The molecule has 0 aromatic heterocycles. The summed E-state index contributed by atoms with van der Waals surface area (Å²) in [5.41, 5.74) is 1.40. The number of benzene rings is 1. The first kappa shape index (κ1) is 15.5. The summed E-state index contributed by atoms with van der Waals surface area (Å²) in [6.07, 6.45) is 3.17. The van der Waals surface area contributed by atoms with E-state index in [1.165, 1.54) is 4.90 Å². The standard InChI is InChI=1S/C17H20N2O4/c20-15(12-7-8-12)18-10-11-3-5-13(6-4-11)16(21)19-9-1-2-14(19)17(22)23/h3-6,12,14H,1-2,7-10H2,(H,18,20)(H,22,23). The van der Waals surface area contributed by atoms with E-state index < -0.39 is 12.0 Å². The fourth-order valence-electron chi connectivity index (χ4n) is 2.88. The number of nitrogens with one attached hydrogen (secondary N) is 1. The monoisotopic (exact) mass is 316 g/mol. The number of aliphatic carboxylic acids is 1. The van der Waals surface area contributed by atoms with E-state index in [9.17, 15) is 14.4 Å². The van der Waals surface area contributed by atoms with Crippen molar-refractivity contribution in [3.8, 4) is 0 Å². The molecule has 1 aromatic carbocycles. The Labute approximate surface area is 134 Å². The van der Waals surface area contributed by atoms with Crippen LogP contribution in [0, 0.1) is 5.92 Å². The Hall–Kier alpha value is -2.37. The maximum Gasteiger partial charge on any atom is 0.326 e. The molecule has 0 radical (unpaired) electrons. The lowest BCUT2D eigenvalue weighted by Crippen LogP contribution is -2.40. The predicted octanol–water partition coefficient (Wildman–Crippen LogP) is 1.40. The molecule has 1 aromatic rings. The fraction of sp³-hybridized carbons (Fsp3) is 0.471. The number of hydrogen-bond donors (Lipinski definition) is 2. The lowest BCUT2D eigenvalue weighted by molar-refractivity contribution is -0.141. The molecule has 6 nitrogen and oxygen atoms in total. The van der Waals surface area contributed by atoms with Crippen molar-refractivity contribution < 1.29 is 19.5 Å². The molecule has 1 saturated heterocycles. The Morgan fingerprint density at radius 3 is 2.43 bits per heavy atom. The highest BCUT2D eigenvalue weighted by molar-refractivity contribution is 5.97. The van der Waals surface area contributed by atoms with Gasteiger partial charge in [0.05, 0.1) is 0 Å². The molecule has 1 aliphatic carbocycles. The van der Waals surface area contributed by atoms with E-state index in [0.29, 0.717) is 31.5 Å². The summed E-state index contributed by atoms with van der Waals surface area (Å²) in [4.78, 5) is 36.6. The summed E-state index contributed by atoms with van der Waals surface area (Å²) in [6, 6.07) is 6.26. The van der Waals surface area contributed by atoms with Gasteiger partial charge < -0.3 is 15.3 Å². The average molecular weight is 316 g/mol. The van der Waals surface area contributed by atoms with E-state index in [0.717, 1.165) is 18.4 Å². The van der Waals surface area contributed by atoms with Gasteiger partial charge in [-0.3, -0.25) is 9.59 Å². The van der Waals surface area contributed by atoms with Gasteiger partial charge in [0.1, 0.15) is 6.04 Å². The molecule has 6 heteroatoms. The van der Waals surface area contributed by atoms with Gasteiger partial charge in [-0.15, -0.1) is 0 Å². The molecule has 1 heterocycles. The molecule has 0 spiro atoms. The molecule has 1 unspecified atom stereocenters. The van der Waals surface area contributed by atoms with Gasteiger partial charge in [0.15, 0.2) is 0 Å². The van der Waals surface area contributed by atoms with Crippen LogP contribution in [0.4, 0.5) is 0 Å². The summed E-state index contributed by atoms with van der Waals surface area (Å²) in [6.45, 7) is 0.931. The zero-order valence-corrected chi connectivity index (χ0v) is 12.8. The van der Waals surface area contributed by atoms with Gasteiger partial charge in [0.2, 0.25) is 5.91 Å². The molecular formula is C17H20N2O4. The highest BCUT2D eigenvalue weighted by Crippen LogP contribution is 2.28. The van der Waals surface area contributed by atoms with Gasteiger partial charge in [-0.25, -0.2) is 4.79 Å². The topological polar surface area (TPSA) is 86.7 Å². The minimum absolute atomic E-state index is 0.0894. The van der Waals surface area contributed by atoms with Gasteiger partial charge in [-0.05, 0) is 43.4 Å². The number of amides is 2. The lowest BCUT2D eigenvalue weighted by Gasteiger charge is -2.21. The maximum atomic E-state index is 12.4. The highest BCUT2D eigenvalue weighted by Gasteiger charge is 2.34. The van der Waals surface area contributed by atoms with Crippen LogP contribution >= 0.6 is 0 Å². The van der Waals surface area contributed by atoms with Crippen molar-refractivity contribution in [2.24, 2.45) is 5.92 Å². The molecule has 0 bridgehead atoms. The van der Waals surface area contributed by atoms with Crippen molar-refractivity contribution >= 4 is 17.8 Å². The van der Waals surface area contributed by atoms with Crippen LogP contribution in [-0.4, -0.2) is 40.4 Å². The normalized spacial score (nSPS) is 20.3. The zero-order valence-electron chi connectivity index (χ0n) is 12.8. The number of carbonyl (C=O) groups excluding carboxylic acids is 2. The smallest absolute Gasteiger partial charge is 0.326 e. The van der Waals surface area contributed by atoms with E-state index >= 15 is 0 Å². The van der Waals surface area contributed by atoms with Crippen molar-refractivity contribution in [3.05, 3.63) is 35.4 Å². The second-order valence-electron chi connectivity index (χ2n) is 6.18. The Bertz CT molecular complexity index is 622. The van der Waals surface area contributed by atoms with Crippen LogP contribution in [0.5, 0.6) is 0 Å². The minimum Gasteiger partial charge on any atom is -0.480 e. The number of nitrogens with zero attached hydrogens (tertiary/aromatic N) is 1. The highest BCUT2D eigenvalue weighted by atomic mass is 16.4. The maximum absolute atomic E-state index is 12.4. The summed E-state index contributed by atoms with van der Waals surface area (Å²) in [5, 5.41) is 12.0. The zero-order chi connectivity index (χ0) is 16.4. The number of hydrogen-bond acceptors (Lipinski definition) is 3. The first-order valence-electron chi connectivity index (χ1n) is 7.96. The lowest BCUT2D eigenvalue weighted by atomic mass is 10.1. The number of carboxylic acids is 1. The van der Waals surface area contributed by atoms with Crippen LogP contribution in [0.25, 0.3) is 0 Å². The summed E-state index contributed by atoms with van der Waals surface area (Å²) >= 11 is 0. The third-order valence-corrected chi connectivity index (χ3v) is 4.41. The molecule has 1 saturated carbocycles. The predicted molar refractivity (Wildman–Crippen MR) is 82.7 cm³/mol. The van der Waals surface area contributed by atoms with E-state index in [2.05, 4.69) is 5.32 Å². The van der Waals surface area contributed by atoms with Gasteiger partial charge in [0, 0.05) is 24.6 Å². The number of carboxylic acid groups (broad SMARTS) is 1. The molecule has 1 aliphatic heterocycles. The first-order valence-corrected chi connectivity index (χ1v) is 7.96. The largest absolute Gasteiger partial charge is 0.480 e. The van der Waals surface area contributed by atoms with E-state index in [-0.39, 0.29) is 17.7 Å². The van der Waals surface area contributed by atoms with Crippen molar-refractivity contribution in [2.45, 2.75) is 38.3 Å². The molecule has 2 amide bonds. The summed E-state index contributed by atoms with van der Waals surface area (Å²) in [7, 11) is 0. The second-order valence-corrected chi connectivity index (χ2v) is 6.18. The SMILES string of the molecule is O=C(NCc1ccc(C(=O)N2CCCC2C(=O)O)cc1)C1CC1. The molecule has 23 heavy (non-hydrogen) atoms.